The molecule has 0 aromatic heterocycles. The Morgan fingerprint density at radius 2 is 1.88 bits per heavy atom. The Hall–Kier alpha value is -2.83. The first-order valence-corrected chi connectivity index (χ1v) is 12.0. The lowest BCUT2D eigenvalue weighted by Gasteiger charge is -2.35. The van der Waals surface area contributed by atoms with Gasteiger partial charge in [0.2, 0.25) is 0 Å². The zero-order chi connectivity index (χ0) is 23.2. The molecule has 0 saturated carbocycles. The summed E-state index contributed by atoms with van der Waals surface area (Å²) in [5, 5.41) is 10.0. The van der Waals surface area contributed by atoms with Gasteiger partial charge in [-0.1, -0.05) is 49.4 Å². The van der Waals surface area contributed by atoms with Gasteiger partial charge in [-0.05, 0) is 64.2 Å². The third-order valence-electron chi connectivity index (χ3n) is 7.07. The van der Waals surface area contributed by atoms with Crippen LogP contribution < -0.4 is 9.64 Å². The van der Waals surface area contributed by atoms with E-state index in [4.69, 9.17) is 4.74 Å². The SMILES string of the molecule is CN1c2c(Br)cc(OC(=O)c3ccccc3O)cc2C2(C)CCN(CCc3ccccc3)C12. The molecule has 2 aliphatic rings. The van der Waals surface area contributed by atoms with E-state index in [1.54, 1.807) is 18.2 Å². The van der Waals surface area contributed by atoms with Crippen LogP contribution in [0.4, 0.5) is 5.69 Å². The van der Waals surface area contributed by atoms with Crippen LogP contribution in [0.15, 0.2) is 71.2 Å². The number of aromatic hydroxyl groups is 1. The number of carbonyl (C=O) groups is 1. The second-order valence-electron chi connectivity index (χ2n) is 9.13. The van der Waals surface area contributed by atoms with Crippen LogP contribution in [-0.2, 0) is 11.8 Å². The number of hydrogen-bond donors (Lipinski definition) is 1. The Bertz CT molecular complexity index is 1200. The third-order valence-corrected chi connectivity index (χ3v) is 7.68. The van der Waals surface area contributed by atoms with Crippen molar-refractivity contribution in [1.29, 1.82) is 0 Å². The number of likely N-dealkylation sites (tertiary alicyclic amines) is 1. The van der Waals surface area contributed by atoms with E-state index in [2.05, 4.69) is 70.0 Å². The van der Waals surface area contributed by atoms with Crippen LogP contribution in [-0.4, -0.2) is 42.3 Å². The van der Waals surface area contributed by atoms with Crippen LogP contribution in [0, 0.1) is 0 Å². The Balaban J connectivity index is 1.40. The maximum Gasteiger partial charge on any atom is 0.347 e. The maximum absolute atomic E-state index is 12.7. The number of esters is 1. The second-order valence-corrected chi connectivity index (χ2v) is 9.99. The van der Waals surface area contributed by atoms with Crippen LogP contribution >= 0.6 is 15.9 Å². The summed E-state index contributed by atoms with van der Waals surface area (Å²) < 4.78 is 6.59. The van der Waals surface area contributed by atoms with E-state index >= 15 is 0 Å². The number of phenols is 1. The molecule has 5 nitrogen and oxygen atoms in total. The number of phenolic OH excluding ortho intramolecular Hbond substituents is 1. The van der Waals surface area contributed by atoms with Crippen LogP contribution in [0.5, 0.6) is 11.5 Å². The summed E-state index contributed by atoms with van der Waals surface area (Å²) in [5.41, 5.74) is 3.77. The first kappa shape index (κ1) is 22.0. The molecule has 0 spiro atoms. The molecule has 2 unspecified atom stereocenters. The van der Waals surface area contributed by atoms with Gasteiger partial charge in [0.05, 0.1) is 11.9 Å². The standard InChI is InChI=1S/C27H27BrN2O3/c1-27-13-15-30(14-12-18-8-4-3-5-9-18)26(27)29(2)24-21(27)16-19(17-22(24)28)33-25(32)20-10-6-7-11-23(20)31/h3-11,16-17,26,31H,12-15H2,1-2H3. The Kier molecular flexibility index (Phi) is 5.67. The lowest BCUT2D eigenvalue weighted by molar-refractivity contribution is 0.0731. The summed E-state index contributed by atoms with van der Waals surface area (Å²) in [6, 6.07) is 20.9. The van der Waals surface area contributed by atoms with Crippen molar-refractivity contribution in [2.24, 2.45) is 0 Å². The molecule has 1 saturated heterocycles. The summed E-state index contributed by atoms with van der Waals surface area (Å²) in [6.07, 6.45) is 2.30. The number of likely N-dealkylation sites (N-methyl/N-ethyl adjacent to an activating group) is 1. The Labute approximate surface area is 202 Å². The zero-order valence-corrected chi connectivity index (χ0v) is 20.4. The molecule has 3 aromatic carbocycles. The van der Waals surface area contributed by atoms with Crippen molar-refractivity contribution < 1.29 is 14.6 Å². The highest BCUT2D eigenvalue weighted by Gasteiger charge is 2.53. The van der Waals surface area contributed by atoms with Gasteiger partial charge in [-0.25, -0.2) is 4.79 Å². The van der Waals surface area contributed by atoms with Gasteiger partial charge in [0.15, 0.2) is 0 Å². The number of ether oxygens (including phenoxy) is 1. The van der Waals surface area contributed by atoms with E-state index in [0.717, 1.165) is 36.1 Å². The summed E-state index contributed by atoms with van der Waals surface area (Å²) in [6.45, 7) is 4.33. The van der Waals surface area contributed by atoms with Crippen molar-refractivity contribution in [3.05, 3.63) is 87.9 Å². The van der Waals surface area contributed by atoms with Crippen molar-refractivity contribution in [3.63, 3.8) is 0 Å². The predicted octanol–water partition coefficient (Wildman–Crippen LogP) is 5.36. The molecule has 1 N–H and O–H groups in total. The number of nitrogens with zero attached hydrogens (tertiary/aromatic N) is 2. The van der Waals surface area contributed by atoms with Gasteiger partial charge in [-0.2, -0.15) is 0 Å². The molecule has 0 radical (unpaired) electrons. The topological polar surface area (TPSA) is 53.0 Å². The van der Waals surface area contributed by atoms with Crippen LogP contribution in [0.25, 0.3) is 0 Å². The van der Waals surface area contributed by atoms with E-state index in [1.807, 2.05) is 12.1 Å². The smallest absolute Gasteiger partial charge is 0.347 e. The van der Waals surface area contributed by atoms with E-state index in [-0.39, 0.29) is 22.9 Å². The number of para-hydroxylation sites is 1. The van der Waals surface area contributed by atoms with Crippen molar-refractivity contribution in [3.8, 4) is 11.5 Å². The van der Waals surface area contributed by atoms with Gasteiger partial charge < -0.3 is 14.7 Å². The van der Waals surface area contributed by atoms with Gasteiger partial charge in [-0.15, -0.1) is 0 Å². The van der Waals surface area contributed by atoms with E-state index in [0.29, 0.717) is 5.75 Å². The first-order chi connectivity index (χ1) is 15.9. The number of anilines is 1. The number of rotatable bonds is 5. The van der Waals surface area contributed by atoms with Gasteiger partial charge in [-0.3, -0.25) is 4.90 Å². The molecule has 0 aliphatic carbocycles. The monoisotopic (exact) mass is 506 g/mol. The van der Waals surface area contributed by atoms with E-state index in [9.17, 15) is 9.90 Å². The molecule has 2 heterocycles. The van der Waals surface area contributed by atoms with Crippen LogP contribution in [0.1, 0.15) is 34.8 Å². The highest BCUT2D eigenvalue weighted by atomic mass is 79.9. The fourth-order valence-electron chi connectivity index (χ4n) is 5.49. The minimum absolute atomic E-state index is 0.0689. The highest BCUT2D eigenvalue weighted by Crippen LogP contribution is 2.54. The van der Waals surface area contributed by atoms with Crippen LogP contribution in [0.3, 0.4) is 0 Å². The number of fused-ring (bicyclic) bond motifs is 3. The van der Waals surface area contributed by atoms with Gasteiger partial charge >= 0.3 is 5.97 Å². The molecule has 33 heavy (non-hydrogen) atoms. The number of halogens is 1. The lowest BCUT2D eigenvalue weighted by atomic mass is 9.81. The molecular weight excluding hydrogens is 480 g/mol. The van der Waals surface area contributed by atoms with Gasteiger partial charge in [0.25, 0.3) is 0 Å². The minimum atomic E-state index is -0.566. The summed E-state index contributed by atoms with van der Waals surface area (Å²) >= 11 is 3.73. The zero-order valence-electron chi connectivity index (χ0n) is 18.8. The number of hydrogen-bond acceptors (Lipinski definition) is 5. The van der Waals surface area contributed by atoms with E-state index < -0.39 is 5.97 Å². The summed E-state index contributed by atoms with van der Waals surface area (Å²) in [7, 11) is 2.15. The van der Waals surface area contributed by atoms with Gasteiger partial charge in [0.1, 0.15) is 17.1 Å². The third kappa shape index (κ3) is 3.81. The van der Waals surface area contributed by atoms with Gasteiger partial charge in [0, 0.05) is 30.0 Å². The van der Waals surface area contributed by atoms with E-state index in [1.165, 1.54) is 17.2 Å². The molecule has 1 fully saturated rings. The number of carbonyl (C=O) groups excluding carboxylic acids is 1. The van der Waals surface area contributed by atoms with Crippen molar-refractivity contribution in [2.75, 3.05) is 25.0 Å². The molecular formula is C27H27BrN2O3. The normalized spacial score (nSPS) is 21.7. The highest BCUT2D eigenvalue weighted by molar-refractivity contribution is 9.10. The fourth-order valence-corrected chi connectivity index (χ4v) is 6.20. The molecule has 170 valence electrons. The Morgan fingerprint density at radius 3 is 2.64 bits per heavy atom. The average molecular weight is 507 g/mol. The van der Waals surface area contributed by atoms with Crippen LogP contribution in [0.2, 0.25) is 0 Å². The molecule has 2 aliphatic heterocycles. The number of benzene rings is 3. The second kappa shape index (κ2) is 8.50. The predicted molar refractivity (Wildman–Crippen MR) is 133 cm³/mol. The maximum atomic E-state index is 12.7. The molecule has 2 atom stereocenters. The quantitative estimate of drug-likeness (QED) is 0.373. The summed E-state index contributed by atoms with van der Waals surface area (Å²) in [4.78, 5) is 17.6. The summed E-state index contributed by atoms with van der Waals surface area (Å²) in [5.74, 6) is -0.171. The molecule has 0 amide bonds. The Morgan fingerprint density at radius 1 is 1.15 bits per heavy atom. The fraction of sp³-hybridized carbons (Fsp3) is 0.296. The largest absolute Gasteiger partial charge is 0.507 e. The molecule has 0 bridgehead atoms. The lowest BCUT2D eigenvalue weighted by Crippen LogP contribution is -2.47. The van der Waals surface area contributed by atoms with Crippen molar-refractivity contribution in [2.45, 2.75) is 31.3 Å². The van der Waals surface area contributed by atoms with Crippen molar-refractivity contribution in [1.82, 2.24) is 4.90 Å². The molecule has 5 rings (SSSR count). The molecule has 3 aromatic rings. The molecule has 6 heteroatoms. The minimum Gasteiger partial charge on any atom is -0.507 e. The first-order valence-electron chi connectivity index (χ1n) is 11.2. The average Bonchev–Trinajstić information content (AvgIpc) is 3.25. The van der Waals surface area contributed by atoms with Crippen molar-refractivity contribution >= 4 is 27.6 Å².